The number of aliphatic hydroxyl groups excluding tert-OH is 1. The van der Waals surface area contributed by atoms with Crippen molar-refractivity contribution in [2.75, 3.05) is 32.1 Å². The summed E-state index contributed by atoms with van der Waals surface area (Å²) < 4.78 is 39.6. The lowest BCUT2D eigenvalue weighted by molar-refractivity contribution is -0.124. The van der Waals surface area contributed by atoms with Gasteiger partial charge in [0.2, 0.25) is 16.0 Å². The van der Waals surface area contributed by atoms with Gasteiger partial charge in [0.1, 0.15) is 5.75 Å². The van der Waals surface area contributed by atoms with Crippen molar-refractivity contribution in [2.45, 2.75) is 51.2 Å². The number of rotatable bonds is 14. The minimum absolute atomic E-state index is 0.0404. The van der Waals surface area contributed by atoms with Crippen molar-refractivity contribution < 1.29 is 32.6 Å². The molecule has 0 saturated heterocycles. The first-order valence-corrected chi connectivity index (χ1v) is 16.7. The molecule has 254 valence electrons. The van der Waals surface area contributed by atoms with Gasteiger partial charge >= 0.3 is 6.09 Å². The molecule has 0 fully saturated rings. The molecule has 0 aliphatic carbocycles. The van der Waals surface area contributed by atoms with Gasteiger partial charge in [-0.3, -0.25) is 10.1 Å². The summed E-state index contributed by atoms with van der Waals surface area (Å²) in [5.41, 5.74) is 3.53. The number of fused-ring (bicyclic) bond motifs is 1. The molecule has 0 aliphatic rings. The summed E-state index contributed by atoms with van der Waals surface area (Å²) >= 11 is 0. The summed E-state index contributed by atoms with van der Waals surface area (Å²) in [5.74, 6) is -0.0135. The number of methoxy groups -OCH3 is 1. The average Bonchev–Trinajstić information content (AvgIpc) is 3.45. The Balaban J connectivity index is 1.56. The van der Waals surface area contributed by atoms with Gasteiger partial charge in [0, 0.05) is 13.1 Å². The molecule has 2 amide bonds. The van der Waals surface area contributed by atoms with Crippen LogP contribution in [0, 0.1) is 31.1 Å². The van der Waals surface area contributed by atoms with Gasteiger partial charge in [-0.05, 0) is 73.2 Å². The van der Waals surface area contributed by atoms with Crippen molar-refractivity contribution in [2.24, 2.45) is 5.92 Å². The SMILES string of the molecule is COC(=O)Nc1nc2ccc(S(=O)(=O)N(CC(C)C)C[C@@H](O)[C@H](Cc3ccccc3)NC(=O)COc3c(C)cc(C#N)cc3C)cc2[nH]1. The van der Waals surface area contributed by atoms with Crippen LogP contribution in [-0.2, 0) is 26.0 Å². The lowest BCUT2D eigenvalue weighted by Crippen LogP contribution is -2.52. The second kappa shape index (κ2) is 15.7. The minimum atomic E-state index is -4.14. The molecule has 48 heavy (non-hydrogen) atoms. The molecule has 0 spiro atoms. The Morgan fingerprint density at radius 1 is 1.06 bits per heavy atom. The maximum Gasteiger partial charge on any atom is 0.413 e. The fourth-order valence-corrected chi connectivity index (χ4v) is 6.95. The quantitative estimate of drug-likeness (QED) is 0.153. The number of nitrogens with zero attached hydrogens (tertiary/aromatic N) is 3. The van der Waals surface area contributed by atoms with E-state index in [1.54, 1.807) is 26.0 Å². The molecule has 0 saturated carbocycles. The first-order chi connectivity index (χ1) is 22.8. The van der Waals surface area contributed by atoms with E-state index < -0.39 is 34.2 Å². The lowest BCUT2D eigenvalue weighted by atomic mass is 10.0. The summed E-state index contributed by atoms with van der Waals surface area (Å²) in [5, 5.41) is 26.1. The highest BCUT2D eigenvalue weighted by Crippen LogP contribution is 2.26. The number of imidazole rings is 1. The number of carbonyl (C=O) groups is 2. The molecule has 0 unspecified atom stereocenters. The minimum Gasteiger partial charge on any atom is -0.483 e. The molecule has 1 aromatic heterocycles. The molecule has 0 radical (unpaired) electrons. The Morgan fingerprint density at radius 2 is 1.75 bits per heavy atom. The summed E-state index contributed by atoms with van der Waals surface area (Å²) in [6.07, 6.45) is -1.80. The third-order valence-corrected chi connectivity index (χ3v) is 9.33. The zero-order valence-electron chi connectivity index (χ0n) is 27.5. The van der Waals surface area contributed by atoms with Crippen molar-refractivity contribution in [3.05, 3.63) is 82.9 Å². The summed E-state index contributed by atoms with van der Waals surface area (Å²) in [6, 6.07) is 18.2. The number of hydrogen-bond donors (Lipinski definition) is 4. The Kier molecular flexibility index (Phi) is 11.8. The highest BCUT2D eigenvalue weighted by molar-refractivity contribution is 7.89. The molecule has 0 aliphatic heterocycles. The van der Waals surface area contributed by atoms with E-state index in [9.17, 15) is 28.4 Å². The number of amides is 2. The number of anilines is 1. The number of aliphatic hydroxyl groups is 1. The van der Waals surface area contributed by atoms with E-state index in [-0.39, 0.29) is 42.9 Å². The molecule has 4 aromatic rings. The number of carbonyl (C=O) groups excluding carboxylic acids is 2. The van der Waals surface area contributed by atoms with Crippen molar-refractivity contribution in [3.63, 3.8) is 0 Å². The second-order valence-corrected chi connectivity index (χ2v) is 13.8. The van der Waals surface area contributed by atoms with Crippen molar-refractivity contribution in [3.8, 4) is 11.8 Å². The number of aromatic nitrogens is 2. The summed E-state index contributed by atoms with van der Waals surface area (Å²) in [7, 11) is -2.93. The molecular formula is C34H40N6O7S. The number of aromatic amines is 1. The maximum absolute atomic E-state index is 14.0. The first kappa shape index (κ1) is 35.9. The Hall–Kier alpha value is -4.97. The van der Waals surface area contributed by atoms with Crippen molar-refractivity contribution >= 4 is 39.0 Å². The standard InChI is InChI=1S/C34H40N6O7S/c1-21(2)18-40(48(44,45)26-11-12-27-28(16-26)38-33(37-27)39-34(43)46-5)19-30(41)29(15-24-9-7-6-8-10-24)36-31(42)20-47-32-22(3)13-25(17-35)14-23(32)4/h6-14,16,21,29-30,41H,15,18-20H2,1-5H3,(H,36,42)(H2,37,38,39,43)/t29-,30+/m0/s1. The van der Waals surface area contributed by atoms with Gasteiger partial charge in [-0.15, -0.1) is 0 Å². The van der Waals surface area contributed by atoms with E-state index in [1.165, 1.54) is 29.6 Å². The number of benzene rings is 3. The van der Waals surface area contributed by atoms with Gasteiger partial charge in [0.05, 0.1) is 46.8 Å². The van der Waals surface area contributed by atoms with Gasteiger partial charge in [-0.1, -0.05) is 44.2 Å². The van der Waals surface area contributed by atoms with Gasteiger partial charge in [0.25, 0.3) is 5.91 Å². The Labute approximate surface area is 279 Å². The smallest absolute Gasteiger partial charge is 0.413 e. The number of aryl methyl sites for hydroxylation is 2. The van der Waals surface area contributed by atoms with Crippen LogP contribution in [0.5, 0.6) is 5.75 Å². The number of nitrogens with one attached hydrogen (secondary N) is 3. The fraction of sp³-hybridized carbons (Fsp3) is 0.353. The van der Waals surface area contributed by atoms with Crippen LogP contribution in [0.4, 0.5) is 10.7 Å². The molecule has 3 aromatic carbocycles. The van der Waals surface area contributed by atoms with Crippen LogP contribution < -0.4 is 15.4 Å². The molecule has 0 bridgehead atoms. The number of nitriles is 1. The van der Waals surface area contributed by atoms with Crippen molar-refractivity contribution in [1.82, 2.24) is 19.6 Å². The van der Waals surface area contributed by atoms with E-state index >= 15 is 0 Å². The van der Waals surface area contributed by atoms with Gasteiger partial charge < -0.3 is 24.9 Å². The summed E-state index contributed by atoms with van der Waals surface area (Å²) in [6.45, 7) is 6.75. The molecule has 4 rings (SSSR count). The van der Waals surface area contributed by atoms with Crippen LogP contribution in [-0.4, -0.2) is 78.7 Å². The molecule has 1 heterocycles. The third kappa shape index (κ3) is 9.09. The lowest BCUT2D eigenvalue weighted by Gasteiger charge is -2.30. The van der Waals surface area contributed by atoms with Crippen LogP contribution in [0.1, 0.15) is 36.1 Å². The van der Waals surface area contributed by atoms with E-state index in [1.807, 2.05) is 44.2 Å². The fourth-order valence-electron chi connectivity index (χ4n) is 5.30. The zero-order valence-corrected chi connectivity index (χ0v) is 28.3. The van der Waals surface area contributed by atoms with Crippen molar-refractivity contribution in [1.29, 1.82) is 5.26 Å². The zero-order chi connectivity index (χ0) is 35.0. The van der Waals surface area contributed by atoms with Crippen LogP contribution in [0.2, 0.25) is 0 Å². The van der Waals surface area contributed by atoms with E-state index in [4.69, 9.17) is 4.74 Å². The summed E-state index contributed by atoms with van der Waals surface area (Å²) in [4.78, 5) is 31.8. The number of hydrogen-bond acceptors (Lipinski definition) is 9. The topological polar surface area (TPSA) is 187 Å². The van der Waals surface area contributed by atoms with E-state index in [0.717, 1.165) is 5.56 Å². The Bertz CT molecular complexity index is 1880. The predicted molar refractivity (Wildman–Crippen MR) is 180 cm³/mol. The number of H-pyrrole nitrogens is 1. The second-order valence-electron chi connectivity index (χ2n) is 11.9. The predicted octanol–water partition coefficient (Wildman–Crippen LogP) is 4.04. The molecule has 2 atom stereocenters. The number of sulfonamides is 1. The van der Waals surface area contributed by atoms with Crippen LogP contribution in [0.25, 0.3) is 11.0 Å². The van der Waals surface area contributed by atoms with Crippen LogP contribution >= 0.6 is 0 Å². The Morgan fingerprint density at radius 3 is 2.38 bits per heavy atom. The highest BCUT2D eigenvalue weighted by atomic mass is 32.2. The average molecular weight is 677 g/mol. The van der Waals surface area contributed by atoms with E-state index in [0.29, 0.717) is 33.5 Å². The van der Waals surface area contributed by atoms with Gasteiger partial charge in [-0.25, -0.2) is 18.2 Å². The van der Waals surface area contributed by atoms with Gasteiger partial charge in [0.15, 0.2) is 6.61 Å². The molecule has 4 N–H and O–H groups in total. The normalized spacial score (nSPS) is 12.8. The third-order valence-electron chi connectivity index (χ3n) is 7.50. The van der Waals surface area contributed by atoms with Crippen LogP contribution in [0.15, 0.2) is 65.6 Å². The van der Waals surface area contributed by atoms with E-state index in [2.05, 4.69) is 31.4 Å². The van der Waals surface area contributed by atoms with Crippen LogP contribution in [0.3, 0.4) is 0 Å². The largest absolute Gasteiger partial charge is 0.483 e. The molecule has 13 nitrogen and oxygen atoms in total. The molecular weight excluding hydrogens is 636 g/mol. The number of ether oxygens (including phenoxy) is 2. The monoisotopic (exact) mass is 676 g/mol. The van der Waals surface area contributed by atoms with Gasteiger partial charge in [-0.2, -0.15) is 9.57 Å². The molecule has 14 heteroatoms. The first-order valence-electron chi connectivity index (χ1n) is 15.3. The highest BCUT2D eigenvalue weighted by Gasteiger charge is 2.32. The maximum atomic E-state index is 14.0.